The molecule has 3 nitrogen and oxygen atoms in total. The lowest BCUT2D eigenvalue weighted by molar-refractivity contribution is 0.478. The molecule has 0 amide bonds. The molecule has 3 heteroatoms. The van der Waals surface area contributed by atoms with Gasteiger partial charge in [-0.05, 0) is 42.7 Å². The zero-order valence-electron chi connectivity index (χ0n) is 11.5. The van der Waals surface area contributed by atoms with E-state index < -0.39 is 0 Å². The van der Waals surface area contributed by atoms with Gasteiger partial charge in [0.25, 0.3) is 0 Å². The summed E-state index contributed by atoms with van der Waals surface area (Å²) in [5, 5.41) is 0. The van der Waals surface area contributed by atoms with Gasteiger partial charge in [-0.25, -0.2) is 0 Å². The number of aromatic nitrogens is 1. The number of nitrogens with two attached hydrogens (primary N) is 1. The molecule has 2 aromatic rings. The molecule has 1 aromatic heterocycles. The monoisotopic (exact) mass is 256 g/mol. The summed E-state index contributed by atoms with van der Waals surface area (Å²) in [7, 11) is 0. The van der Waals surface area contributed by atoms with E-state index in [1.807, 2.05) is 31.2 Å². The molecule has 0 saturated heterocycles. The third kappa shape index (κ3) is 3.55. The summed E-state index contributed by atoms with van der Waals surface area (Å²) >= 11 is 0. The molecule has 100 valence electrons. The molecule has 1 aromatic carbocycles. The predicted molar refractivity (Wildman–Crippen MR) is 77.4 cm³/mol. The highest BCUT2D eigenvalue weighted by Gasteiger charge is 2.05. The van der Waals surface area contributed by atoms with Gasteiger partial charge < -0.3 is 10.5 Å². The molecule has 1 atom stereocenters. The van der Waals surface area contributed by atoms with Gasteiger partial charge in [-0.1, -0.05) is 26.0 Å². The maximum atomic E-state index is 5.93. The number of ether oxygens (including phenoxy) is 1. The summed E-state index contributed by atoms with van der Waals surface area (Å²) in [6.45, 7) is 4.18. The quantitative estimate of drug-likeness (QED) is 0.884. The van der Waals surface area contributed by atoms with Crippen LogP contribution in [-0.4, -0.2) is 4.98 Å². The third-order valence-corrected chi connectivity index (χ3v) is 3.15. The fourth-order valence-electron chi connectivity index (χ4n) is 1.81. The molecule has 1 heterocycles. The van der Waals surface area contributed by atoms with Crippen molar-refractivity contribution >= 4 is 0 Å². The molecule has 0 radical (unpaired) electrons. The van der Waals surface area contributed by atoms with Gasteiger partial charge in [-0.2, -0.15) is 0 Å². The minimum Gasteiger partial charge on any atom is -0.456 e. The number of hydrogen-bond donors (Lipinski definition) is 1. The van der Waals surface area contributed by atoms with Gasteiger partial charge in [0.2, 0.25) is 0 Å². The van der Waals surface area contributed by atoms with Crippen molar-refractivity contribution in [2.45, 2.75) is 32.7 Å². The molecule has 0 aliphatic heterocycles. The van der Waals surface area contributed by atoms with Gasteiger partial charge in [0.05, 0.1) is 11.9 Å². The lowest BCUT2D eigenvalue weighted by atomic mass is 10.1. The topological polar surface area (TPSA) is 48.1 Å². The van der Waals surface area contributed by atoms with E-state index in [2.05, 4.69) is 24.0 Å². The number of aryl methyl sites for hydroxylation is 1. The molecule has 2 rings (SSSR count). The first-order valence-electron chi connectivity index (χ1n) is 6.71. The molecule has 0 fully saturated rings. The van der Waals surface area contributed by atoms with Crippen LogP contribution in [-0.2, 0) is 6.42 Å². The Morgan fingerprint density at radius 3 is 2.26 bits per heavy atom. The lowest BCUT2D eigenvalue weighted by Crippen LogP contribution is -2.10. The molecule has 2 N–H and O–H groups in total. The van der Waals surface area contributed by atoms with Crippen molar-refractivity contribution in [3.05, 3.63) is 53.9 Å². The van der Waals surface area contributed by atoms with Crippen LogP contribution >= 0.6 is 0 Å². The normalized spacial score (nSPS) is 12.2. The molecule has 0 saturated carbocycles. The van der Waals surface area contributed by atoms with E-state index in [1.54, 1.807) is 6.20 Å². The minimum atomic E-state index is -0.00196. The van der Waals surface area contributed by atoms with E-state index in [0.717, 1.165) is 30.0 Å². The highest BCUT2D eigenvalue weighted by molar-refractivity contribution is 5.32. The minimum absolute atomic E-state index is 0.00196. The fraction of sp³-hybridized carbons (Fsp3) is 0.312. The Hall–Kier alpha value is -1.87. The Morgan fingerprint density at radius 2 is 1.74 bits per heavy atom. The maximum absolute atomic E-state index is 5.93. The largest absolute Gasteiger partial charge is 0.456 e. The van der Waals surface area contributed by atoms with Crippen molar-refractivity contribution in [3.8, 4) is 11.5 Å². The summed E-state index contributed by atoms with van der Waals surface area (Å²) in [6.07, 6.45) is 3.63. The lowest BCUT2D eigenvalue weighted by Gasteiger charge is -2.10. The summed E-state index contributed by atoms with van der Waals surface area (Å²) in [5.74, 6) is 1.56. The molecular weight excluding hydrogens is 236 g/mol. The van der Waals surface area contributed by atoms with Crippen molar-refractivity contribution in [1.29, 1.82) is 0 Å². The second kappa shape index (κ2) is 6.34. The van der Waals surface area contributed by atoms with Gasteiger partial charge in [0.1, 0.15) is 11.5 Å². The molecule has 0 unspecified atom stereocenters. The van der Waals surface area contributed by atoms with Crippen molar-refractivity contribution in [2.75, 3.05) is 0 Å². The van der Waals surface area contributed by atoms with Crippen LogP contribution in [0.4, 0.5) is 0 Å². The van der Waals surface area contributed by atoms with Gasteiger partial charge in [-0.3, -0.25) is 4.98 Å². The average Bonchev–Trinajstić information content (AvgIpc) is 2.48. The van der Waals surface area contributed by atoms with E-state index in [4.69, 9.17) is 10.5 Å². The number of benzene rings is 1. The first kappa shape index (κ1) is 13.6. The van der Waals surface area contributed by atoms with Crippen LogP contribution in [0.1, 0.15) is 37.6 Å². The number of hydrogen-bond acceptors (Lipinski definition) is 3. The Kier molecular flexibility index (Phi) is 4.53. The summed E-state index contributed by atoms with van der Waals surface area (Å²) < 4.78 is 5.74. The van der Waals surface area contributed by atoms with Crippen molar-refractivity contribution in [1.82, 2.24) is 4.98 Å². The highest BCUT2D eigenvalue weighted by Crippen LogP contribution is 2.22. The Morgan fingerprint density at radius 1 is 1.05 bits per heavy atom. The Bertz CT molecular complexity index is 505. The third-order valence-electron chi connectivity index (χ3n) is 3.15. The number of nitrogens with zero attached hydrogens (tertiary/aromatic N) is 1. The summed E-state index contributed by atoms with van der Waals surface area (Å²) in [4.78, 5) is 4.33. The molecule has 0 bridgehead atoms. The van der Waals surface area contributed by atoms with Crippen LogP contribution in [0.3, 0.4) is 0 Å². The summed E-state index contributed by atoms with van der Waals surface area (Å²) in [6, 6.07) is 11.9. The summed E-state index contributed by atoms with van der Waals surface area (Å²) in [5.41, 5.74) is 8.13. The van der Waals surface area contributed by atoms with Gasteiger partial charge >= 0.3 is 0 Å². The zero-order chi connectivity index (χ0) is 13.7. The van der Waals surface area contributed by atoms with Crippen LogP contribution in [0.2, 0.25) is 0 Å². The number of rotatable bonds is 5. The SMILES string of the molecule is CCc1ccc(Oc2ccc([C@H](N)CC)nc2)cc1. The van der Waals surface area contributed by atoms with Crippen LogP contribution in [0.25, 0.3) is 0 Å². The standard InChI is InChI=1S/C16H20N2O/c1-3-12-5-7-13(8-6-12)19-14-9-10-16(18-11-14)15(17)4-2/h5-11,15H,3-4,17H2,1-2H3/t15-/m1/s1. The van der Waals surface area contributed by atoms with Gasteiger partial charge in [-0.15, -0.1) is 0 Å². The first-order valence-corrected chi connectivity index (χ1v) is 6.71. The van der Waals surface area contributed by atoms with Crippen LogP contribution in [0, 0.1) is 0 Å². The van der Waals surface area contributed by atoms with Crippen molar-refractivity contribution in [2.24, 2.45) is 5.73 Å². The maximum Gasteiger partial charge on any atom is 0.145 e. The second-order valence-electron chi connectivity index (χ2n) is 4.53. The zero-order valence-corrected chi connectivity index (χ0v) is 11.5. The van der Waals surface area contributed by atoms with Crippen LogP contribution < -0.4 is 10.5 Å². The van der Waals surface area contributed by atoms with Crippen molar-refractivity contribution in [3.63, 3.8) is 0 Å². The molecule has 0 aliphatic rings. The Balaban J connectivity index is 2.06. The van der Waals surface area contributed by atoms with Gasteiger partial charge in [0, 0.05) is 6.04 Å². The van der Waals surface area contributed by atoms with Gasteiger partial charge in [0.15, 0.2) is 0 Å². The molecule has 0 spiro atoms. The molecule has 19 heavy (non-hydrogen) atoms. The highest BCUT2D eigenvalue weighted by atomic mass is 16.5. The average molecular weight is 256 g/mol. The Labute approximate surface area is 114 Å². The van der Waals surface area contributed by atoms with Crippen LogP contribution in [0.15, 0.2) is 42.6 Å². The van der Waals surface area contributed by atoms with E-state index in [-0.39, 0.29) is 6.04 Å². The van der Waals surface area contributed by atoms with Crippen molar-refractivity contribution < 1.29 is 4.74 Å². The smallest absolute Gasteiger partial charge is 0.145 e. The van der Waals surface area contributed by atoms with E-state index in [9.17, 15) is 0 Å². The molecule has 0 aliphatic carbocycles. The fourth-order valence-corrected chi connectivity index (χ4v) is 1.81. The first-order chi connectivity index (χ1) is 9.22. The van der Waals surface area contributed by atoms with E-state index in [0.29, 0.717) is 0 Å². The predicted octanol–water partition coefficient (Wildman–Crippen LogP) is 3.85. The molecular formula is C16H20N2O. The second-order valence-corrected chi connectivity index (χ2v) is 4.53. The van der Waals surface area contributed by atoms with E-state index >= 15 is 0 Å². The van der Waals surface area contributed by atoms with E-state index in [1.165, 1.54) is 5.56 Å². The number of pyridine rings is 1. The van der Waals surface area contributed by atoms with Crippen LogP contribution in [0.5, 0.6) is 11.5 Å².